The highest BCUT2D eigenvalue weighted by atomic mass is 32.2. The average molecular weight is 267 g/mol. The van der Waals surface area contributed by atoms with Gasteiger partial charge in [-0.25, -0.2) is 4.98 Å². The maximum Gasteiger partial charge on any atom is 0.275 e. The molecule has 5 nitrogen and oxygen atoms in total. The first kappa shape index (κ1) is 13.2. The normalized spacial score (nSPS) is 13.0. The van der Waals surface area contributed by atoms with Gasteiger partial charge in [0.25, 0.3) is 5.56 Å². The molecule has 2 heterocycles. The second kappa shape index (κ2) is 6.06. The molecule has 0 unspecified atom stereocenters. The van der Waals surface area contributed by atoms with Crippen molar-refractivity contribution in [1.82, 2.24) is 15.0 Å². The maximum absolute atomic E-state index is 11.5. The molecule has 0 fully saturated rings. The van der Waals surface area contributed by atoms with Crippen molar-refractivity contribution in [2.45, 2.75) is 12.8 Å². The number of H-pyrrole nitrogens is 2. The summed E-state index contributed by atoms with van der Waals surface area (Å²) < 4.78 is 0. The van der Waals surface area contributed by atoms with Crippen LogP contribution in [0.15, 0.2) is 17.3 Å². The predicted octanol–water partition coefficient (Wildman–Crippen LogP) is 1.16. The molecule has 1 atom stereocenters. The summed E-state index contributed by atoms with van der Waals surface area (Å²) in [6.07, 6.45) is 7.02. The number of aliphatic hydroxyl groups excluding tert-OH is 1. The van der Waals surface area contributed by atoms with Crippen molar-refractivity contribution >= 4 is 22.8 Å². The highest BCUT2D eigenvalue weighted by Gasteiger charge is 2.11. The van der Waals surface area contributed by atoms with E-state index in [-0.39, 0.29) is 12.2 Å². The molecule has 0 radical (unpaired) electrons. The van der Waals surface area contributed by atoms with Crippen LogP contribution in [0.5, 0.6) is 0 Å². The zero-order valence-corrected chi connectivity index (χ0v) is 11.1. The molecule has 98 valence electrons. The minimum absolute atomic E-state index is 0.144. The summed E-state index contributed by atoms with van der Waals surface area (Å²) in [5.74, 6) is 1.25. The van der Waals surface area contributed by atoms with E-state index in [1.165, 1.54) is 6.33 Å². The average Bonchev–Trinajstić information content (AvgIpc) is 2.79. The summed E-state index contributed by atoms with van der Waals surface area (Å²) in [7, 11) is 0. The van der Waals surface area contributed by atoms with E-state index in [9.17, 15) is 9.90 Å². The van der Waals surface area contributed by atoms with Gasteiger partial charge in [-0.1, -0.05) is 0 Å². The second-order valence-corrected chi connectivity index (χ2v) is 5.22. The summed E-state index contributed by atoms with van der Waals surface area (Å²) in [5.41, 5.74) is 2.15. The Hall–Kier alpha value is -1.27. The number of hydrogen-bond donors (Lipinski definition) is 3. The fourth-order valence-electron chi connectivity index (χ4n) is 2.02. The molecule has 0 aliphatic carbocycles. The van der Waals surface area contributed by atoms with Crippen LogP contribution in [0.4, 0.5) is 0 Å². The van der Waals surface area contributed by atoms with Crippen LogP contribution in [-0.4, -0.2) is 38.7 Å². The number of aliphatic hydroxyl groups is 1. The zero-order valence-electron chi connectivity index (χ0n) is 10.3. The van der Waals surface area contributed by atoms with Crippen LogP contribution in [0.3, 0.4) is 0 Å². The Kier molecular flexibility index (Phi) is 4.43. The van der Waals surface area contributed by atoms with E-state index in [2.05, 4.69) is 15.0 Å². The van der Waals surface area contributed by atoms with E-state index < -0.39 is 0 Å². The van der Waals surface area contributed by atoms with Gasteiger partial charge >= 0.3 is 0 Å². The minimum Gasteiger partial charge on any atom is -0.396 e. The lowest BCUT2D eigenvalue weighted by Crippen LogP contribution is -2.10. The van der Waals surface area contributed by atoms with Crippen LogP contribution in [0.25, 0.3) is 11.0 Å². The Bertz CT molecular complexity index is 564. The number of aryl methyl sites for hydroxylation is 1. The molecule has 0 aromatic carbocycles. The van der Waals surface area contributed by atoms with Gasteiger partial charge in [0.1, 0.15) is 5.52 Å². The van der Waals surface area contributed by atoms with E-state index in [0.29, 0.717) is 11.4 Å². The van der Waals surface area contributed by atoms with Gasteiger partial charge in [0.15, 0.2) is 0 Å². The molecule has 0 saturated heterocycles. The van der Waals surface area contributed by atoms with Gasteiger partial charge < -0.3 is 15.1 Å². The van der Waals surface area contributed by atoms with Gasteiger partial charge in [0.2, 0.25) is 0 Å². The molecule has 2 aromatic heterocycles. The summed E-state index contributed by atoms with van der Waals surface area (Å²) in [6, 6.07) is 0. The van der Waals surface area contributed by atoms with Gasteiger partial charge in [0, 0.05) is 12.8 Å². The van der Waals surface area contributed by atoms with Gasteiger partial charge in [-0.2, -0.15) is 11.8 Å². The molecule has 0 spiro atoms. The summed E-state index contributed by atoms with van der Waals surface area (Å²) >= 11 is 1.74. The van der Waals surface area contributed by atoms with E-state index in [1.54, 1.807) is 11.8 Å². The number of aromatic amines is 2. The number of thioether (sulfide) groups is 1. The lowest BCUT2D eigenvalue weighted by atomic mass is 10.0. The number of nitrogens with one attached hydrogen (secondary N) is 2. The quantitative estimate of drug-likeness (QED) is 0.733. The number of fused-ring (bicyclic) bond motifs is 1. The van der Waals surface area contributed by atoms with E-state index in [4.69, 9.17) is 0 Å². The molecule has 2 rings (SSSR count). The smallest absolute Gasteiger partial charge is 0.275 e. The SMILES string of the molecule is CSC[C@@H](CO)CCc1c[nH]c2c(=O)[nH]cnc12. The maximum atomic E-state index is 11.5. The van der Waals surface area contributed by atoms with Crippen LogP contribution in [0, 0.1) is 5.92 Å². The lowest BCUT2D eigenvalue weighted by Gasteiger charge is -2.11. The van der Waals surface area contributed by atoms with Crippen molar-refractivity contribution in [3.63, 3.8) is 0 Å². The lowest BCUT2D eigenvalue weighted by molar-refractivity contribution is 0.233. The highest BCUT2D eigenvalue weighted by molar-refractivity contribution is 7.98. The summed E-state index contributed by atoms with van der Waals surface area (Å²) in [6.45, 7) is 0.206. The zero-order chi connectivity index (χ0) is 13.0. The first-order chi connectivity index (χ1) is 8.76. The third-order valence-electron chi connectivity index (χ3n) is 3.03. The molecule has 0 saturated carbocycles. The number of rotatable bonds is 6. The topological polar surface area (TPSA) is 81.8 Å². The standard InChI is InChI=1S/C12H17N3O2S/c1-18-6-8(5-16)2-3-9-4-13-11-10(9)14-7-15-12(11)17/h4,7-8,13,16H,2-3,5-6H2,1H3,(H,14,15,17)/t8-/m1/s1. The molecule has 3 N–H and O–H groups in total. The molecule has 6 heteroatoms. The van der Waals surface area contributed by atoms with Gasteiger partial charge in [-0.15, -0.1) is 0 Å². The predicted molar refractivity (Wildman–Crippen MR) is 74.0 cm³/mol. The fourth-order valence-corrected chi connectivity index (χ4v) is 2.76. The Morgan fingerprint density at radius 1 is 1.50 bits per heavy atom. The van der Waals surface area contributed by atoms with Crippen LogP contribution >= 0.6 is 11.8 Å². The Morgan fingerprint density at radius 3 is 3.06 bits per heavy atom. The summed E-state index contributed by atoms with van der Waals surface area (Å²) in [5, 5.41) is 9.25. The molecule has 18 heavy (non-hydrogen) atoms. The van der Waals surface area contributed by atoms with Crippen LogP contribution in [0.2, 0.25) is 0 Å². The third-order valence-corrected chi connectivity index (χ3v) is 3.84. The van der Waals surface area contributed by atoms with Gasteiger partial charge in [-0.05, 0) is 36.3 Å². The van der Waals surface area contributed by atoms with E-state index in [1.807, 2.05) is 12.5 Å². The van der Waals surface area contributed by atoms with E-state index in [0.717, 1.165) is 29.7 Å². The Morgan fingerprint density at radius 2 is 2.33 bits per heavy atom. The Balaban J connectivity index is 2.12. The third kappa shape index (κ3) is 2.76. The molecular weight excluding hydrogens is 250 g/mol. The fraction of sp³-hybridized carbons (Fsp3) is 0.500. The van der Waals surface area contributed by atoms with Gasteiger partial charge in [-0.3, -0.25) is 4.79 Å². The first-order valence-electron chi connectivity index (χ1n) is 5.89. The van der Waals surface area contributed by atoms with Crippen LogP contribution in [-0.2, 0) is 6.42 Å². The molecule has 2 aromatic rings. The number of hydrogen-bond acceptors (Lipinski definition) is 4. The van der Waals surface area contributed by atoms with Crippen molar-refractivity contribution in [3.05, 3.63) is 28.4 Å². The molecular formula is C12H17N3O2S. The second-order valence-electron chi connectivity index (χ2n) is 4.31. The van der Waals surface area contributed by atoms with Crippen LogP contribution < -0.4 is 5.56 Å². The van der Waals surface area contributed by atoms with Crippen molar-refractivity contribution in [3.8, 4) is 0 Å². The minimum atomic E-state index is -0.144. The van der Waals surface area contributed by atoms with Crippen molar-refractivity contribution < 1.29 is 5.11 Å². The van der Waals surface area contributed by atoms with Crippen molar-refractivity contribution in [1.29, 1.82) is 0 Å². The monoisotopic (exact) mass is 267 g/mol. The largest absolute Gasteiger partial charge is 0.396 e. The molecule has 0 aliphatic rings. The molecule has 0 aliphatic heterocycles. The Labute approximate surface area is 109 Å². The van der Waals surface area contributed by atoms with E-state index >= 15 is 0 Å². The number of nitrogens with zero attached hydrogens (tertiary/aromatic N) is 1. The molecule has 0 bridgehead atoms. The van der Waals surface area contributed by atoms with Crippen LogP contribution in [0.1, 0.15) is 12.0 Å². The number of aromatic nitrogens is 3. The van der Waals surface area contributed by atoms with Crippen molar-refractivity contribution in [2.75, 3.05) is 18.6 Å². The first-order valence-corrected chi connectivity index (χ1v) is 7.29. The highest BCUT2D eigenvalue weighted by Crippen LogP contribution is 2.17. The summed E-state index contributed by atoms with van der Waals surface area (Å²) in [4.78, 5) is 21.2. The molecule has 0 amide bonds. The van der Waals surface area contributed by atoms with Crippen molar-refractivity contribution in [2.24, 2.45) is 5.92 Å². The van der Waals surface area contributed by atoms with Gasteiger partial charge in [0.05, 0.1) is 11.8 Å².